The van der Waals surface area contributed by atoms with Crippen LogP contribution in [0.4, 0.5) is 0 Å². The van der Waals surface area contributed by atoms with Crippen LogP contribution >= 0.6 is 0 Å². The lowest BCUT2D eigenvalue weighted by Crippen LogP contribution is -1.87. The molecule has 0 bridgehead atoms. The highest BCUT2D eigenvalue weighted by atomic mass is 16.5. The van der Waals surface area contributed by atoms with Crippen LogP contribution < -0.4 is 4.74 Å². The number of rotatable bonds is 4. The maximum Gasteiger partial charge on any atom is 0.118 e. The Balaban J connectivity index is 2.36. The predicted octanol–water partition coefficient (Wildman–Crippen LogP) is 4.52. The van der Waals surface area contributed by atoms with E-state index in [2.05, 4.69) is 12.1 Å². The fraction of sp³-hybridized carbons (Fsp3) is 0.100. The van der Waals surface area contributed by atoms with Crippen molar-refractivity contribution < 1.29 is 4.74 Å². The zero-order chi connectivity index (χ0) is 16.7. The predicted molar refractivity (Wildman–Crippen MR) is 91.4 cm³/mol. The number of hydrogen-bond donors (Lipinski definition) is 0. The topological polar surface area (TPSA) is 56.8 Å². The molecular formula is C20H16N2O. The number of allylic oxidation sites excluding steroid dienone is 2. The van der Waals surface area contributed by atoms with Gasteiger partial charge >= 0.3 is 0 Å². The van der Waals surface area contributed by atoms with Gasteiger partial charge in [-0.25, -0.2) is 0 Å². The van der Waals surface area contributed by atoms with E-state index in [4.69, 9.17) is 4.74 Å². The third kappa shape index (κ3) is 4.33. The molecule has 0 aliphatic carbocycles. The number of nitriles is 2. The maximum absolute atomic E-state index is 9.38. The van der Waals surface area contributed by atoms with Gasteiger partial charge in [0.15, 0.2) is 0 Å². The van der Waals surface area contributed by atoms with Gasteiger partial charge in [0.1, 0.15) is 17.9 Å². The second kappa shape index (κ2) is 7.64. The minimum absolute atomic E-state index is 0.332. The highest BCUT2D eigenvalue weighted by Gasteiger charge is 2.05. The van der Waals surface area contributed by atoms with Crippen LogP contribution in [-0.2, 0) is 0 Å². The minimum Gasteiger partial charge on any atom is -0.497 e. The SMILES string of the molecule is COc1ccc(/C=C(C#N)/C(C#N)=C/c2ccc(C)cc2)cc1. The first-order valence-corrected chi connectivity index (χ1v) is 7.11. The van der Waals surface area contributed by atoms with Crippen LogP contribution in [0.2, 0.25) is 0 Å². The summed E-state index contributed by atoms with van der Waals surface area (Å²) in [7, 11) is 1.60. The van der Waals surface area contributed by atoms with Crippen molar-refractivity contribution >= 4 is 12.2 Å². The van der Waals surface area contributed by atoms with Gasteiger partial charge in [-0.1, -0.05) is 42.0 Å². The van der Waals surface area contributed by atoms with E-state index < -0.39 is 0 Å². The summed E-state index contributed by atoms with van der Waals surface area (Å²) in [6.07, 6.45) is 3.42. The van der Waals surface area contributed by atoms with E-state index in [0.29, 0.717) is 11.1 Å². The lowest BCUT2D eigenvalue weighted by molar-refractivity contribution is 0.415. The Morgan fingerprint density at radius 1 is 0.826 bits per heavy atom. The van der Waals surface area contributed by atoms with E-state index in [1.54, 1.807) is 19.3 Å². The Morgan fingerprint density at radius 2 is 1.26 bits per heavy atom. The highest BCUT2D eigenvalue weighted by molar-refractivity contribution is 5.74. The molecule has 0 N–H and O–H groups in total. The molecule has 0 saturated carbocycles. The molecule has 0 fully saturated rings. The quantitative estimate of drug-likeness (QED) is 0.616. The number of ether oxygens (including phenoxy) is 1. The summed E-state index contributed by atoms with van der Waals surface area (Å²) in [4.78, 5) is 0. The number of benzene rings is 2. The van der Waals surface area contributed by atoms with Crippen LogP contribution in [-0.4, -0.2) is 7.11 Å². The molecule has 0 atom stereocenters. The number of methoxy groups -OCH3 is 1. The molecule has 2 aromatic rings. The molecule has 0 amide bonds. The Bertz CT molecular complexity index is 814. The zero-order valence-corrected chi connectivity index (χ0v) is 13.1. The number of aryl methyl sites for hydroxylation is 1. The summed E-state index contributed by atoms with van der Waals surface area (Å²) < 4.78 is 5.11. The summed E-state index contributed by atoms with van der Waals surface area (Å²) in [5, 5.41) is 18.8. The number of hydrogen-bond acceptors (Lipinski definition) is 3. The average Bonchev–Trinajstić information content (AvgIpc) is 2.60. The van der Waals surface area contributed by atoms with Crippen molar-refractivity contribution in [1.29, 1.82) is 10.5 Å². The van der Waals surface area contributed by atoms with Crippen LogP contribution in [0, 0.1) is 29.6 Å². The van der Waals surface area contributed by atoms with Gasteiger partial charge in [-0.3, -0.25) is 0 Å². The van der Waals surface area contributed by atoms with Crippen LogP contribution in [0.25, 0.3) is 12.2 Å². The van der Waals surface area contributed by atoms with Gasteiger partial charge in [-0.2, -0.15) is 10.5 Å². The van der Waals surface area contributed by atoms with E-state index in [9.17, 15) is 10.5 Å². The maximum atomic E-state index is 9.38. The van der Waals surface area contributed by atoms with Crippen molar-refractivity contribution in [3.8, 4) is 17.9 Å². The van der Waals surface area contributed by atoms with Crippen LogP contribution in [0.15, 0.2) is 59.7 Å². The van der Waals surface area contributed by atoms with Gasteiger partial charge < -0.3 is 4.74 Å². The third-order valence-corrected chi connectivity index (χ3v) is 3.35. The van der Waals surface area contributed by atoms with Crippen molar-refractivity contribution in [3.63, 3.8) is 0 Å². The molecule has 0 radical (unpaired) electrons. The van der Waals surface area contributed by atoms with Gasteiger partial charge in [-0.15, -0.1) is 0 Å². The molecule has 0 heterocycles. The van der Waals surface area contributed by atoms with Gasteiger partial charge in [-0.05, 0) is 42.3 Å². The molecule has 3 heteroatoms. The van der Waals surface area contributed by atoms with E-state index in [1.807, 2.05) is 55.5 Å². The Labute approximate surface area is 136 Å². The van der Waals surface area contributed by atoms with Gasteiger partial charge in [0.05, 0.1) is 18.3 Å². The normalized spacial score (nSPS) is 11.5. The second-order valence-electron chi connectivity index (χ2n) is 5.02. The molecule has 0 saturated heterocycles. The third-order valence-electron chi connectivity index (χ3n) is 3.35. The highest BCUT2D eigenvalue weighted by Crippen LogP contribution is 2.19. The van der Waals surface area contributed by atoms with Crippen LogP contribution in [0.3, 0.4) is 0 Å². The lowest BCUT2D eigenvalue weighted by Gasteiger charge is -2.01. The van der Waals surface area contributed by atoms with Crippen molar-refractivity contribution in [3.05, 3.63) is 76.4 Å². The molecule has 2 aromatic carbocycles. The Morgan fingerprint density at radius 3 is 1.65 bits per heavy atom. The molecular weight excluding hydrogens is 284 g/mol. The average molecular weight is 300 g/mol. The summed E-state index contributed by atoms with van der Waals surface area (Å²) in [6, 6.07) is 19.3. The molecule has 0 unspecified atom stereocenters. The van der Waals surface area contributed by atoms with Crippen molar-refractivity contribution in [2.45, 2.75) is 6.92 Å². The first-order chi connectivity index (χ1) is 11.2. The Kier molecular flexibility index (Phi) is 5.34. The molecule has 0 aliphatic rings. The van der Waals surface area contributed by atoms with Crippen LogP contribution in [0.5, 0.6) is 5.75 Å². The molecule has 112 valence electrons. The first-order valence-electron chi connectivity index (χ1n) is 7.11. The smallest absolute Gasteiger partial charge is 0.118 e. The molecule has 0 spiro atoms. The van der Waals surface area contributed by atoms with Gasteiger partial charge in [0.25, 0.3) is 0 Å². The van der Waals surface area contributed by atoms with Crippen LogP contribution in [0.1, 0.15) is 16.7 Å². The van der Waals surface area contributed by atoms with Crippen molar-refractivity contribution in [1.82, 2.24) is 0 Å². The molecule has 23 heavy (non-hydrogen) atoms. The standard InChI is InChI=1S/C20H16N2O/c1-15-3-5-16(6-4-15)11-18(13-21)19(14-22)12-17-7-9-20(23-2)10-8-17/h3-12H,1-2H3/b18-11+,19-12+. The summed E-state index contributed by atoms with van der Waals surface area (Å²) in [6.45, 7) is 2.00. The zero-order valence-electron chi connectivity index (χ0n) is 13.1. The minimum atomic E-state index is 0.332. The fourth-order valence-electron chi connectivity index (χ4n) is 2.04. The van der Waals surface area contributed by atoms with E-state index in [1.165, 1.54) is 0 Å². The molecule has 0 aliphatic heterocycles. The first kappa shape index (κ1) is 16.1. The summed E-state index contributed by atoms with van der Waals surface area (Å²) in [5.41, 5.74) is 3.55. The summed E-state index contributed by atoms with van der Waals surface area (Å²) in [5.74, 6) is 0.747. The second-order valence-corrected chi connectivity index (χ2v) is 5.02. The van der Waals surface area contributed by atoms with E-state index in [-0.39, 0.29) is 0 Å². The largest absolute Gasteiger partial charge is 0.497 e. The number of nitrogens with zero attached hydrogens (tertiary/aromatic N) is 2. The van der Waals surface area contributed by atoms with Crippen molar-refractivity contribution in [2.24, 2.45) is 0 Å². The molecule has 0 aromatic heterocycles. The lowest BCUT2D eigenvalue weighted by atomic mass is 10.0. The van der Waals surface area contributed by atoms with Gasteiger partial charge in [0, 0.05) is 0 Å². The molecule has 2 rings (SSSR count). The van der Waals surface area contributed by atoms with E-state index >= 15 is 0 Å². The summed E-state index contributed by atoms with van der Waals surface area (Å²) >= 11 is 0. The Hall–Kier alpha value is -3.30. The van der Waals surface area contributed by atoms with Gasteiger partial charge in [0.2, 0.25) is 0 Å². The fourth-order valence-corrected chi connectivity index (χ4v) is 2.04. The molecule has 3 nitrogen and oxygen atoms in total. The monoisotopic (exact) mass is 300 g/mol. The van der Waals surface area contributed by atoms with Crippen molar-refractivity contribution in [2.75, 3.05) is 7.11 Å². The van der Waals surface area contributed by atoms with E-state index in [0.717, 1.165) is 22.4 Å².